The molecule has 0 unspecified atom stereocenters. The fourth-order valence-corrected chi connectivity index (χ4v) is 5.55. The van der Waals surface area contributed by atoms with Crippen molar-refractivity contribution in [2.24, 2.45) is 0 Å². The van der Waals surface area contributed by atoms with Gasteiger partial charge in [0.05, 0.1) is 17.7 Å². The molecule has 3 rings (SSSR count). The summed E-state index contributed by atoms with van der Waals surface area (Å²) in [5.74, 6) is -0.339. The molecule has 0 aliphatic carbocycles. The summed E-state index contributed by atoms with van der Waals surface area (Å²) in [6.45, 7) is 12.3. The number of nitrogens with one attached hydrogen (secondary N) is 1. The van der Waals surface area contributed by atoms with Gasteiger partial charge in [0.15, 0.2) is 5.16 Å². The van der Waals surface area contributed by atoms with Crippen LogP contribution in [0.2, 0.25) is 0 Å². The molecular formula is C25H30N4O3S2. The van der Waals surface area contributed by atoms with Crippen LogP contribution in [0.1, 0.15) is 29.3 Å². The molecule has 0 saturated heterocycles. The predicted octanol–water partition coefficient (Wildman–Crippen LogP) is 4.54. The van der Waals surface area contributed by atoms with Crippen LogP contribution in [-0.2, 0) is 16.1 Å². The summed E-state index contributed by atoms with van der Waals surface area (Å²) < 4.78 is 1.56. The summed E-state index contributed by atoms with van der Waals surface area (Å²) in [6, 6.07) is 7.52. The number of fused-ring (bicyclic) bond motifs is 1. The Morgan fingerprint density at radius 1 is 1.26 bits per heavy atom. The van der Waals surface area contributed by atoms with Crippen molar-refractivity contribution in [3.63, 3.8) is 0 Å². The van der Waals surface area contributed by atoms with Crippen LogP contribution in [0.4, 0.5) is 5.69 Å². The van der Waals surface area contributed by atoms with Crippen molar-refractivity contribution in [3.05, 3.63) is 63.3 Å². The second-order valence-electron chi connectivity index (χ2n) is 8.03. The van der Waals surface area contributed by atoms with E-state index in [1.165, 1.54) is 23.1 Å². The number of thiophene rings is 1. The average Bonchev–Trinajstić information content (AvgIpc) is 3.09. The van der Waals surface area contributed by atoms with Gasteiger partial charge in [0.25, 0.3) is 5.56 Å². The third-order valence-corrected chi connectivity index (χ3v) is 7.55. The number of benzene rings is 1. The van der Waals surface area contributed by atoms with Crippen LogP contribution in [0.25, 0.3) is 10.2 Å². The first-order valence-corrected chi connectivity index (χ1v) is 12.9. The van der Waals surface area contributed by atoms with Crippen molar-refractivity contribution >= 4 is 50.8 Å². The number of rotatable bonds is 10. The number of nitrogens with zero attached hydrogens (tertiary/aromatic N) is 3. The Kier molecular flexibility index (Phi) is 8.68. The summed E-state index contributed by atoms with van der Waals surface area (Å²) in [5.41, 5.74) is 2.51. The fourth-order valence-electron chi connectivity index (χ4n) is 3.56. The topological polar surface area (TPSA) is 84.3 Å². The lowest BCUT2D eigenvalue weighted by Crippen LogP contribution is -2.39. The number of aryl methyl sites for hydroxylation is 3. The minimum Gasteiger partial charge on any atom is -0.333 e. The smallest absolute Gasteiger partial charge is 0.263 e. The Bertz CT molecular complexity index is 1280. The molecule has 0 radical (unpaired) electrons. The summed E-state index contributed by atoms with van der Waals surface area (Å²) in [6.07, 6.45) is 2.38. The van der Waals surface area contributed by atoms with E-state index in [0.29, 0.717) is 28.5 Å². The summed E-state index contributed by atoms with van der Waals surface area (Å²) in [7, 11) is 0. The number of hydrogen-bond acceptors (Lipinski definition) is 6. The number of aromatic nitrogens is 2. The largest absolute Gasteiger partial charge is 0.333 e. The number of allylic oxidation sites excluding steroid dienone is 1. The number of para-hydroxylation sites is 1. The molecular weight excluding hydrogens is 468 g/mol. The summed E-state index contributed by atoms with van der Waals surface area (Å²) in [4.78, 5) is 46.7. The highest BCUT2D eigenvalue weighted by Gasteiger charge is 2.20. The monoisotopic (exact) mass is 498 g/mol. The molecule has 2 aromatic heterocycles. The zero-order valence-corrected chi connectivity index (χ0v) is 21.6. The second-order valence-corrected chi connectivity index (χ2v) is 10.2. The van der Waals surface area contributed by atoms with E-state index in [1.807, 2.05) is 52.0 Å². The number of anilines is 1. The van der Waals surface area contributed by atoms with Crippen LogP contribution in [0, 0.1) is 20.8 Å². The highest BCUT2D eigenvalue weighted by molar-refractivity contribution is 7.99. The number of carbonyl (C=O) groups is 2. The Morgan fingerprint density at radius 3 is 2.68 bits per heavy atom. The van der Waals surface area contributed by atoms with Gasteiger partial charge in [0.2, 0.25) is 11.8 Å². The molecule has 34 heavy (non-hydrogen) atoms. The minimum absolute atomic E-state index is 0.0309. The molecule has 3 aromatic rings. The zero-order valence-electron chi connectivity index (χ0n) is 20.0. The van der Waals surface area contributed by atoms with Crippen molar-refractivity contribution in [1.29, 1.82) is 0 Å². The molecule has 7 nitrogen and oxygen atoms in total. The number of carbonyl (C=O) groups excluding carboxylic acids is 2. The van der Waals surface area contributed by atoms with Crippen LogP contribution >= 0.6 is 23.1 Å². The lowest BCUT2D eigenvalue weighted by atomic mass is 10.2. The third kappa shape index (κ3) is 5.77. The van der Waals surface area contributed by atoms with E-state index in [4.69, 9.17) is 0 Å². The van der Waals surface area contributed by atoms with Crippen molar-refractivity contribution in [1.82, 2.24) is 14.5 Å². The molecule has 0 spiro atoms. The first kappa shape index (κ1) is 25.7. The van der Waals surface area contributed by atoms with Gasteiger partial charge in [-0.25, -0.2) is 4.98 Å². The molecule has 0 atom stereocenters. The van der Waals surface area contributed by atoms with Gasteiger partial charge in [-0.1, -0.05) is 43.0 Å². The van der Waals surface area contributed by atoms with Crippen LogP contribution in [0.3, 0.4) is 0 Å². The molecule has 0 aliphatic heterocycles. The molecule has 1 N–H and O–H groups in total. The van der Waals surface area contributed by atoms with E-state index in [9.17, 15) is 14.4 Å². The van der Waals surface area contributed by atoms with Crippen molar-refractivity contribution in [3.8, 4) is 0 Å². The Hall–Kier alpha value is -2.91. The first-order valence-electron chi connectivity index (χ1n) is 11.1. The van der Waals surface area contributed by atoms with Crippen LogP contribution in [0.15, 0.2) is 46.9 Å². The van der Waals surface area contributed by atoms with Crippen LogP contribution < -0.4 is 10.9 Å². The van der Waals surface area contributed by atoms with E-state index in [2.05, 4.69) is 16.9 Å². The molecule has 180 valence electrons. The Morgan fingerprint density at radius 2 is 2.00 bits per heavy atom. The highest BCUT2D eigenvalue weighted by atomic mass is 32.2. The van der Waals surface area contributed by atoms with Gasteiger partial charge in [-0.3, -0.25) is 19.0 Å². The number of thioether (sulfide) groups is 1. The minimum atomic E-state index is -0.242. The van der Waals surface area contributed by atoms with Gasteiger partial charge in [-0.15, -0.1) is 17.9 Å². The predicted molar refractivity (Wildman–Crippen MR) is 141 cm³/mol. The van der Waals surface area contributed by atoms with E-state index >= 15 is 0 Å². The van der Waals surface area contributed by atoms with E-state index < -0.39 is 0 Å². The third-order valence-electron chi connectivity index (χ3n) is 5.49. The van der Waals surface area contributed by atoms with Gasteiger partial charge < -0.3 is 10.2 Å². The summed E-state index contributed by atoms with van der Waals surface area (Å²) >= 11 is 2.70. The van der Waals surface area contributed by atoms with Crippen molar-refractivity contribution in [2.45, 2.75) is 45.8 Å². The maximum absolute atomic E-state index is 13.1. The van der Waals surface area contributed by atoms with E-state index in [-0.39, 0.29) is 29.7 Å². The highest BCUT2D eigenvalue weighted by Crippen LogP contribution is 2.28. The van der Waals surface area contributed by atoms with Crippen LogP contribution in [-0.4, -0.2) is 45.1 Å². The van der Waals surface area contributed by atoms with Gasteiger partial charge in [0, 0.05) is 23.7 Å². The van der Waals surface area contributed by atoms with E-state index in [0.717, 1.165) is 28.1 Å². The maximum Gasteiger partial charge on any atom is 0.263 e. The standard InChI is InChI=1S/C25H30N4O3S2/c1-6-12-28(14-20(30)26-19-11-9-8-10-16(19)3)21(31)15-33-25-27-23-22(17(4)18(5)34-23)24(32)29(25)13-7-2/h7-11H,2,6,12-15H2,1,3-5H3,(H,26,30). The molecule has 0 bridgehead atoms. The quantitative estimate of drug-likeness (QED) is 0.252. The lowest BCUT2D eigenvalue weighted by Gasteiger charge is -2.22. The second kappa shape index (κ2) is 11.5. The number of hydrogen-bond donors (Lipinski definition) is 1. The molecule has 0 aliphatic rings. The first-order chi connectivity index (χ1) is 16.3. The zero-order chi connectivity index (χ0) is 24.8. The molecule has 0 saturated carbocycles. The fraction of sp³-hybridized carbons (Fsp3) is 0.360. The van der Waals surface area contributed by atoms with Gasteiger partial charge in [0.1, 0.15) is 4.83 Å². The van der Waals surface area contributed by atoms with Crippen molar-refractivity contribution < 1.29 is 9.59 Å². The molecule has 1 aromatic carbocycles. The van der Waals surface area contributed by atoms with Gasteiger partial charge in [-0.2, -0.15) is 0 Å². The van der Waals surface area contributed by atoms with Gasteiger partial charge in [-0.05, 0) is 44.4 Å². The van der Waals surface area contributed by atoms with Gasteiger partial charge >= 0.3 is 0 Å². The van der Waals surface area contributed by atoms with E-state index in [1.54, 1.807) is 15.5 Å². The lowest BCUT2D eigenvalue weighted by molar-refractivity contribution is -0.132. The maximum atomic E-state index is 13.1. The van der Waals surface area contributed by atoms with Crippen molar-refractivity contribution in [2.75, 3.05) is 24.2 Å². The Labute approximate surface area is 207 Å². The molecule has 0 fully saturated rings. The molecule has 2 amide bonds. The average molecular weight is 499 g/mol. The normalized spacial score (nSPS) is 10.9. The Balaban J connectivity index is 1.76. The number of amides is 2. The molecule has 9 heteroatoms. The SMILES string of the molecule is C=CCn1c(SCC(=O)N(CCC)CC(=O)Nc2ccccc2C)nc2sc(C)c(C)c2c1=O. The molecule has 2 heterocycles. The summed E-state index contributed by atoms with van der Waals surface area (Å²) in [5, 5.41) is 3.99. The van der Waals surface area contributed by atoms with Crippen LogP contribution in [0.5, 0.6) is 0 Å².